The molecule has 2 rings (SSSR count). The first kappa shape index (κ1) is 17.7. The maximum atomic E-state index is 13.6. The van der Waals surface area contributed by atoms with Crippen LogP contribution in [0, 0.1) is 19.7 Å². The minimum Gasteiger partial charge on any atom is -0.376 e. The molecule has 0 aliphatic rings. The molecule has 24 heavy (non-hydrogen) atoms. The van der Waals surface area contributed by atoms with Crippen LogP contribution >= 0.6 is 11.6 Å². The molecule has 0 aliphatic carbocycles. The van der Waals surface area contributed by atoms with E-state index in [4.69, 9.17) is 11.6 Å². The predicted octanol–water partition coefficient (Wildman–Crippen LogP) is 2.97. The molecule has 0 atom stereocenters. The fraction of sp³-hybridized carbons (Fsp3) is 0.176. The maximum absolute atomic E-state index is 13.6. The first-order valence-corrected chi connectivity index (χ1v) is 7.60. The molecule has 2 amide bonds. The normalized spacial score (nSPS) is 10.2. The minimum atomic E-state index is -0.761. The lowest BCUT2D eigenvalue weighted by Crippen LogP contribution is -2.44. The number of carbonyl (C=O) groups is 2. The van der Waals surface area contributed by atoms with Crippen molar-refractivity contribution in [2.24, 2.45) is 0 Å². The zero-order valence-corrected chi connectivity index (χ0v) is 14.0. The van der Waals surface area contributed by atoms with Gasteiger partial charge in [-0.05, 0) is 43.7 Å². The molecule has 0 bridgehead atoms. The standard InChI is InChI=1S/C17H17ClFN3O2/c1-10-3-6-15(11(2)7-10)20-9-16(23)21-22-17(24)13-5-4-12(18)8-14(13)19/h3-8,20H,9H2,1-2H3,(H,21,23)(H,22,24). The number of halogens is 2. The lowest BCUT2D eigenvalue weighted by Gasteiger charge is -2.11. The molecule has 5 nitrogen and oxygen atoms in total. The van der Waals surface area contributed by atoms with Gasteiger partial charge in [0.05, 0.1) is 12.1 Å². The van der Waals surface area contributed by atoms with E-state index in [2.05, 4.69) is 16.2 Å². The number of hydrazine groups is 1. The van der Waals surface area contributed by atoms with E-state index < -0.39 is 17.6 Å². The van der Waals surface area contributed by atoms with Crippen LogP contribution in [-0.2, 0) is 4.79 Å². The van der Waals surface area contributed by atoms with Crippen LogP contribution < -0.4 is 16.2 Å². The number of carbonyl (C=O) groups excluding carboxylic acids is 2. The Bertz CT molecular complexity index is 780. The highest BCUT2D eigenvalue weighted by atomic mass is 35.5. The van der Waals surface area contributed by atoms with E-state index in [-0.39, 0.29) is 17.1 Å². The summed E-state index contributed by atoms with van der Waals surface area (Å²) in [6, 6.07) is 9.46. The van der Waals surface area contributed by atoms with E-state index in [1.807, 2.05) is 32.0 Å². The fourth-order valence-corrected chi connectivity index (χ4v) is 2.26. The lowest BCUT2D eigenvalue weighted by molar-refractivity contribution is -0.120. The minimum absolute atomic E-state index is 0.0344. The van der Waals surface area contributed by atoms with Crippen LogP contribution in [0.15, 0.2) is 36.4 Å². The SMILES string of the molecule is Cc1ccc(NCC(=O)NNC(=O)c2ccc(Cl)cc2F)c(C)c1. The van der Waals surface area contributed by atoms with Crippen LogP contribution in [0.1, 0.15) is 21.5 Å². The zero-order valence-electron chi connectivity index (χ0n) is 13.2. The Morgan fingerprint density at radius 2 is 1.83 bits per heavy atom. The Hall–Kier alpha value is -2.60. The van der Waals surface area contributed by atoms with Crippen molar-refractivity contribution in [3.63, 3.8) is 0 Å². The highest BCUT2D eigenvalue weighted by Gasteiger charge is 2.12. The average Bonchev–Trinajstić information content (AvgIpc) is 2.51. The summed E-state index contributed by atoms with van der Waals surface area (Å²) < 4.78 is 13.6. The van der Waals surface area contributed by atoms with Crippen molar-refractivity contribution in [1.82, 2.24) is 10.9 Å². The topological polar surface area (TPSA) is 70.2 Å². The number of anilines is 1. The van der Waals surface area contributed by atoms with E-state index in [0.29, 0.717) is 0 Å². The number of aryl methyl sites for hydroxylation is 2. The van der Waals surface area contributed by atoms with Gasteiger partial charge in [-0.15, -0.1) is 0 Å². The molecule has 0 spiro atoms. The van der Waals surface area contributed by atoms with Gasteiger partial charge in [0.15, 0.2) is 0 Å². The van der Waals surface area contributed by atoms with Crippen molar-refractivity contribution in [1.29, 1.82) is 0 Å². The number of amides is 2. The molecule has 0 saturated heterocycles. The smallest absolute Gasteiger partial charge is 0.272 e. The summed E-state index contributed by atoms with van der Waals surface area (Å²) in [7, 11) is 0. The number of hydrogen-bond acceptors (Lipinski definition) is 3. The van der Waals surface area contributed by atoms with Crippen LogP contribution in [0.4, 0.5) is 10.1 Å². The second-order valence-electron chi connectivity index (χ2n) is 5.30. The molecule has 0 radical (unpaired) electrons. The monoisotopic (exact) mass is 349 g/mol. The van der Waals surface area contributed by atoms with Gasteiger partial charge in [-0.1, -0.05) is 29.3 Å². The number of benzene rings is 2. The first-order chi connectivity index (χ1) is 11.4. The summed E-state index contributed by atoms with van der Waals surface area (Å²) >= 11 is 5.62. The number of hydrogen-bond donors (Lipinski definition) is 3. The van der Waals surface area contributed by atoms with Gasteiger partial charge in [0, 0.05) is 10.7 Å². The Morgan fingerprint density at radius 3 is 2.50 bits per heavy atom. The van der Waals surface area contributed by atoms with E-state index in [1.54, 1.807) is 0 Å². The molecule has 126 valence electrons. The van der Waals surface area contributed by atoms with Crippen molar-refractivity contribution < 1.29 is 14.0 Å². The van der Waals surface area contributed by atoms with E-state index in [0.717, 1.165) is 22.9 Å². The van der Waals surface area contributed by atoms with Gasteiger partial charge in [-0.2, -0.15) is 0 Å². The van der Waals surface area contributed by atoms with Crippen LogP contribution in [0.2, 0.25) is 5.02 Å². The zero-order chi connectivity index (χ0) is 17.7. The van der Waals surface area contributed by atoms with Crippen LogP contribution in [-0.4, -0.2) is 18.4 Å². The van der Waals surface area contributed by atoms with Crippen molar-refractivity contribution in [3.8, 4) is 0 Å². The predicted molar refractivity (Wildman–Crippen MR) is 91.4 cm³/mol. The number of nitrogens with one attached hydrogen (secondary N) is 3. The summed E-state index contributed by atoms with van der Waals surface area (Å²) in [6.45, 7) is 3.88. The maximum Gasteiger partial charge on any atom is 0.272 e. The first-order valence-electron chi connectivity index (χ1n) is 7.22. The third kappa shape index (κ3) is 4.70. The van der Waals surface area contributed by atoms with Crippen LogP contribution in [0.3, 0.4) is 0 Å². The largest absolute Gasteiger partial charge is 0.376 e. The van der Waals surface area contributed by atoms with Crippen LogP contribution in [0.5, 0.6) is 0 Å². The molecular formula is C17H17ClFN3O2. The summed E-state index contributed by atoms with van der Waals surface area (Å²) in [5.74, 6) is -1.98. The Kier molecular flexibility index (Phi) is 5.76. The fourth-order valence-electron chi connectivity index (χ4n) is 2.10. The second kappa shape index (κ2) is 7.79. The van der Waals surface area contributed by atoms with E-state index in [9.17, 15) is 14.0 Å². The van der Waals surface area contributed by atoms with Gasteiger partial charge in [0.2, 0.25) is 0 Å². The summed E-state index contributed by atoms with van der Waals surface area (Å²) in [5.41, 5.74) is 7.13. The quantitative estimate of drug-likeness (QED) is 0.743. The highest BCUT2D eigenvalue weighted by Crippen LogP contribution is 2.15. The summed E-state index contributed by atoms with van der Waals surface area (Å²) in [6.07, 6.45) is 0. The van der Waals surface area contributed by atoms with Gasteiger partial charge in [0.1, 0.15) is 5.82 Å². The van der Waals surface area contributed by atoms with Gasteiger partial charge in [-0.3, -0.25) is 20.4 Å². The van der Waals surface area contributed by atoms with E-state index in [1.165, 1.54) is 12.1 Å². The van der Waals surface area contributed by atoms with Crippen molar-refractivity contribution in [3.05, 3.63) is 63.9 Å². The van der Waals surface area contributed by atoms with Crippen molar-refractivity contribution in [2.75, 3.05) is 11.9 Å². The van der Waals surface area contributed by atoms with Crippen molar-refractivity contribution >= 4 is 29.1 Å². The molecule has 7 heteroatoms. The Labute approximate surface area is 144 Å². The van der Waals surface area contributed by atoms with Gasteiger partial charge in [0.25, 0.3) is 11.8 Å². The van der Waals surface area contributed by atoms with Crippen LogP contribution in [0.25, 0.3) is 0 Å². The molecule has 2 aromatic carbocycles. The Balaban J connectivity index is 1.85. The molecule has 0 heterocycles. The third-order valence-corrected chi connectivity index (χ3v) is 3.55. The van der Waals surface area contributed by atoms with Gasteiger partial charge >= 0.3 is 0 Å². The second-order valence-corrected chi connectivity index (χ2v) is 5.73. The van der Waals surface area contributed by atoms with Gasteiger partial charge < -0.3 is 5.32 Å². The number of rotatable bonds is 4. The average molecular weight is 350 g/mol. The summed E-state index contributed by atoms with van der Waals surface area (Å²) in [5, 5.41) is 3.15. The molecule has 0 unspecified atom stereocenters. The molecule has 3 N–H and O–H groups in total. The van der Waals surface area contributed by atoms with Gasteiger partial charge in [-0.25, -0.2) is 4.39 Å². The molecule has 0 aromatic heterocycles. The van der Waals surface area contributed by atoms with E-state index >= 15 is 0 Å². The lowest BCUT2D eigenvalue weighted by atomic mass is 10.1. The molecule has 0 aliphatic heterocycles. The molecule has 0 saturated carbocycles. The Morgan fingerprint density at radius 1 is 1.08 bits per heavy atom. The van der Waals surface area contributed by atoms with Crippen molar-refractivity contribution in [2.45, 2.75) is 13.8 Å². The third-order valence-electron chi connectivity index (χ3n) is 3.31. The molecular weight excluding hydrogens is 333 g/mol. The molecule has 2 aromatic rings. The molecule has 0 fully saturated rings. The highest BCUT2D eigenvalue weighted by molar-refractivity contribution is 6.30. The summed E-state index contributed by atoms with van der Waals surface area (Å²) in [4.78, 5) is 23.6.